The summed E-state index contributed by atoms with van der Waals surface area (Å²) in [6.45, 7) is 3.26. The summed E-state index contributed by atoms with van der Waals surface area (Å²) in [6, 6.07) is 14.7. The summed E-state index contributed by atoms with van der Waals surface area (Å²) in [6.07, 6.45) is 1.38. The number of nitrogens with zero attached hydrogens (tertiary/aromatic N) is 3. The summed E-state index contributed by atoms with van der Waals surface area (Å²) in [4.78, 5) is 44.9. The van der Waals surface area contributed by atoms with Crippen molar-refractivity contribution in [3.05, 3.63) is 76.2 Å². The first-order valence-electron chi connectivity index (χ1n) is 9.97. The number of benzene rings is 2. The molecule has 162 valence electrons. The molecule has 2 aromatic heterocycles. The fourth-order valence-corrected chi connectivity index (χ4v) is 4.06. The van der Waals surface area contributed by atoms with E-state index in [-0.39, 0.29) is 30.0 Å². The third-order valence-electron chi connectivity index (χ3n) is 4.92. The quantitative estimate of drug-likeness (QED) is 0.471. The first-order chi connectivity index (χ1) is 15.4. The van der Waals surface area contributed by atoms with E-state index in [9.17, 15) is 14.4 Å². The molecule has 4 rings (SSSR count). The van der Waals surface area contributed by atoms with Gasteiger partial charge in [0.2, 0.25) is 11.8 Å². The van der Waals surface area contributed by atoms with Gasteiger partial charge in [-0.1, -0.05) is 36.4 Å². The molecule has 2 amide bonds. The molecule has 1 atom stereocenters. The molecular weight excluding hydrogens is 426 g/mol. The van der Waals surface area contributed by atoms with E-state index in [2.05, 4.69) is 20.6 Å². The van der Waals surface area contributed by atoms with Gasteiger partial charge in [0.25, 0.3) is 5.56 Å². The second-order valence-electron chi connectivity index (χ2n) is 7.33. The van der Waals surface area contributed by atoms with E-state index in [1.165, 1.54) is 29.2 Å². The lowest BCUT2D eigenvalue weighted by atomic mass is 10.1. The number of nitrogens with one attached hydrogen (secondary N) is 2. The Hall–Kier alpha value is -3.85. The number of amides is 2. The zero-order valence-corrected chi connectivity index (χ0v) is 18.3. The molecule has 0 bridgehead atoms. The number of aromatic nitrogens is 3. The molecule has 4 aromatic rings. The molecule has 0 spiro atoms. The maximum Gasteiger partial charge on any atom is 0.261 e. The van der Waals surface area contributed by atoms with Crippen LogP contribution in [-0.2, 0) is 16.1 Å². The first kappa shape index (κ1) is 21.4. The fraction of sp³-hybridized carbons (Fsp3) is 0.174. The van der Waals surface area contributed by atoms with Gasteiger partial charge in [0.1, 0.15) is 6.54 Å². The molecule has 0 aliphatic heterocycles. The number of para-hydroxylation sites is 1. The van der Waals surface area contributed by atoms with Crippen LogP contribution < -0.4 is 16.2 Å². The lowest BCUT2D eigenvalue weighted by Crippen LogP contribution is -2.27. The Bertz CT molecular complexity index is 1340. The Morgan fingerprint density at radius 3 is 2.62 bits per heavy atom. The minimum absolute atomic E-state index is 0.0804. The molecule has 2 N–H and O–H groups in total. The van der Waals surface area contributed by atoms with Crippen LogP contribution >= 0.6 is 11.3 Å². The summed E-state index contributed by atoms with van der Waals surface area (Å²) < 4.78 is 1.28. The van der Waals surface area contributed by atoms with Gasteiger partial charge in [-0.05, 0) is 24.6 Å². The van der Waals surface area contributed by atoms with Crippen molar-refractivity contribution in [3.8, 4) is 11.3 Å². The summed E-state index contributed by atoms with van der Waals surface area (Å²) >= 11 is 1.31. The molecule has 0 aliphatic carbocycles. The maximum atomic E-state index is 12.5. The molecular formula is C23H21N5O3S. The minimum Gasteiger partial charge on any atom is -0.350 e. The van der Waals surface area contributed by atoms with Crippen molar-refractivity contribution in [1.29, 1.82) is 0 Å². The third kappa shape index (κ3) is 4.73. The summed E-state index contributed by atoms with van der Waals surface area (Å²) in [7, 11) is 0. The first-order valence-corrected chi connectivity index (χ1v) is 10.9. The average Bonchev–Trinajstić information content (AvgIpc) is 3.24. The summed E-state index contributed by atoms with van der Waals surface area (Å²) in [5, 5.41) is 8.36. The van der Waals surface area contributed by atoms with Crippen LogP contribution in [-0.4, -0.2) is 26.3 Å². The normalized spacial score (nSPS) is 11.8. The van der Waals surface area contributed by atoms with Crippen molar-refractivity contribution in [1.82, 2.24) is 19.9 Å². The monoisotopic (exact) mass is 447 g/mol. The number of rotatable bonds is 6. The van der Waals surface area contributed by atoms with E-state index in [1.54, 1.807) is 18.2 Å². The highest BCUT2D eigenvalue weighted by atomic mass is 32.1. The molecule has 1 unspecified atom stereocenters. The topological polar surface area (TPSA) is 106 Å². The van der Waals surface area contributed by atoms with Crippen LogP contribution in [0.3, 0.4) is 0 Å². The van der Waals surface area contributed by atoms with Gasteiger partial charge in [-0.15, -0.1) is 11.3 Å². The van der Waals surface area contributed by atoms with Gasteiger partial charge in [-0.2, -0.15) is 0 Å². The number of hydrogen-bond donors (Lipinski definition) is 2. The number of anilines is 1. The van der Waals surface area contributed by atoms with Crippen molar-refractivity contribution in [2.24, 2.45) is 0 Å². The highest BCUT2D eigenvalue weighted by Crippen LogP contribution is 2.26. The van der Waals surface area contributed by atoms with Crippen molar-refractivity contribution in [2.75, 3.05) is 5.32 Å². The SMILES string of the molecule is CC(=O)NC(C)c1ccc(-c2csc(NC(=O)Cn3cnc4ccccc4c3=O)n2)cc1. The number of thiazole rings is 1. The van der Waals surface area contributed by atoms with Crippen molar-refractivity contribution in [2.45, 2.75) is 26.4 Å². The van der Waals surface area contributed by atoms with Crippen LogP contribution in [0.5, 0.6) is 0 Å². The zero-order valence-electron chi connectivity index (χ0n) is 17.5. The van der Waals surface area contributed by atoms with Gasteiger partial charge in [0.15, 0.2) is 5.13 Å². The summed E-state index contributed by atoms with van der Waals surface area (Å²) in [5.41, 5.74) is 2.95. The predicted molar refractivity (Wildman–Crippen MR) is 124 cm³/mol. The second-order valence-corrected chi connectivity index (χ2v) is 8.18. The number of hydrogen-bond acceptors (Lipinski definition) is 6. The van der Waals surface area contributed by atoms with E-state index in [1.807, 2.05) is 42.6 Å². The molecule has 0 fully saturated rings. The molecule has 9 heteroatoms. The Morgan fingerprint density at radius 2 is 1.88 bits per heavy atom. The molecule has 0 saturated heterocycles. The van der Waals surface area contributed by atoms with Gasteiger partial charge in [-0.25, -0.2) is 9.97 Å². The Morgan fingerprint density at radius 1 is 1.12 bits per heavy atom. The van der Waals surface area contributed by atoms with Crippen LogP contribution in [0.4, 0.5) is 5.13 Å². The van der Waals surface area contributed by atoms with Crippen LogP contribution in [0.1, 0.15) is 25.5 Å². The molecule has 2 aromatic carbocycles. The molecule has 2 heterocycles. The highest BCUT2D eigenvalue weighted by Gasteiger charge is 2.12. The van der Waals surface area contributed by atoms with Crippen LogP contribution in [0, 0.1) is 0 Å². The smallest absolute Gasteiger partial charge is 0.261 e. The number of carbonyl (C=O) groups is 2. The molecule has 8 nitrogen and oxygen atoms in total. The van der Waals surface area contributed by atoms with Gasteiger partial charge in [0.05, 0.1) is 29.0 Å². The predicted octanol–water partition coefficient (Wildman–Crippen LogP) is 3.36. The largest absolute Gasteiger partial charge is 0.350 e. The molecule has 32 heavy (non-hydrogen) atoms. The number of carbonyl (C=O) groups excluding carboxylic acids is 2. The van der Waals surface area contributed by atoms with Crippen LogP contribution in [0.25, 0.3) is 22.2 Å². The Labute approximate surface area is 188 Å². The van der Waals surface area contributed by atoms with Crippen LogP contribution in [0.2, 0.25) is 0 Å². The van der Waals surface area contributed by atoms with E-state index >= 15 is 0 Å². The van der Waals surface area contributed by atoms with E-state index < -0.39 is 0 Å². The number of fused-ring (bicyclic) bond motifs is 1. The van der Waals surface area contributed by atoms with Gasteiger partial charge in [-0.3, -0.25) is 19.0 Å². The van der Waals surface area contributed by atoms with Gasteiger partial charge >= 0.3 is 0 Å². The molecule has 0 aliphatic rings. The average molecular weight is 448 g/mol. The van der Waals surface area contributed by atoms with E-state index in [0.717, 1.165) is 16.8 Å². The second kappa shape index (κ2) is 9.11. The standard InChI is InChI=1S/C23H21N5O3S/c1-14(25-15(2)29)16-7-9-17(10-8-16)20-12-32-23(26-20)27-21(30)11-28-13-24-19-6-4-3-5-18(19)22(28)31/h3-10,12-14H,11H2,1-2H3,(H,25,29)(H,26,27,30). The van der Waals surface area contributed by atoms with Gasteiger partial charge in [0, 0.05) is 17.9 Å². The highest BCUT2D eigenvalue weighted by molar-refractivity contribution is 7.14. The lowest BCUT2D eigenvalue weighted by molar-refractivity contribution is -0.119. The van der Waals surface area contributed by atoms with E-state index in [4.69, 9.17) is 0 Å². The Balaban J connectivity index is 1.43. The minimum atomic E-state index is -0.357. The Kier molecular flexibility index (Phi) is 6.09. The fourth-order valence-electron chi connectivity index (χ4n) is 3.33. The van der Waals surface area contributed by atoms with E-state index in [0.29, 0.717) is 16.0 Å². The van der Waals surface area contributed by atoms with Crippen molar-refractivity contribution >= 4 is 39.2 Å². The third-order valence-corrected chi connectivity index (χ3v) is 5.68. The van der Waals surface area contributed by atoms with Crippen molar-refractivity contribution < 1.29 is 9.59 Å². The van der Waals surface area contributed by atoms with Gasteiger partial charge < -0.3 is 10.6 Å². The zero-order chi connectivity index (χ0) is 22.7. The molecule has 0 radical (unpaired) electrons. The van der Waals surface area contributed by atoms with Crippen molar-refractivity contribution in [3.63, 3.8) is 0 Å². The van der Waals surface area contributed by atoms with Crippen LogP contribution in [0.15, 0.2) is 65.0 Å². The molecule has 0 saturated carbocycles. The summed E-state index contributed by atoms with van der Waals surface area (Å²) in [5.74, 6) is -0.437. The lowest BCUT2D eigenvalue weighted by Gasteiger charge is -2.13. The maximum absolute atomic E-state index is 12.5.